The summed E-state index contributed by atoms with van der Waals surface area (Å²) < 4.78 is 12.9. The first-order valence-electron chi connectivity index (χ1n) is 7.30. The van der Waals surface area contributed by atoms with E-state index < -0.39 is 28.3 Å². The third kappa shape index (κ3) is 3.80. The van der Waals surface area contributed by atoms with Crippen LogP contribution in [-0.2, 0) is 11.3 Å². The zero-order valence-electron chi connectivity index (χ0n) is 12.8. The maximum absolute atomic E-state index is 12.9. The van der Waals surface area contributed by atoms with Crippen LogP contribution in [0.2, 0.25) is 0 Å². The molecule has 25 heavy (non-hydrogen) atoms. The zero-order valence-corrected chi connectivity index (χ0v) is 13.6. The minimum Gasteiger partial charge on any atom is -0.478 e. The van der Waals surface area contributed by atoms with Gasteiger partial charge in [-0.1, -0.05) is 12.1 Å². The topological polar surface area (TPSA) is 86.7 Å². The first-order valence-corrected chi connectivity index (χ1v) is 8.18. The molecule has 1 aliphatic rings. The number of carboxylic acid groups (broad SMARTS) is 1. The lowest BCUT2D eigenvalue weighted by Gasteiger charge is -2.15. The van der Waals surface area contributed by atoms with Crippen molar-refractivity contribution in [2.24, 2.45) is 0 Å². The number of imide groups is 1. The smallest absolute Gasteiger partial charge is 0.335 e. The van der Waals surface area contributed by atoms with Crippen molar-refractivity contribution >= 4 is 34.6 Å². The van der Waals surface area contributed by atoms with E-state index in [1.54, 1.807) is 12.1 Å². The number of carbonyl (C=O) groups excluding carboxylic acids is 2. The Morgan fingerprint density at radius 2 is 1.76 bits per heavy atom. The van der Waals surface area contributed by atoms with Crippen molar-refractivity contribution < 1.29 is 23.9 Å². The summed E-state index contributed by atoms with van der Waals surface area (Å²) in [7, 11) is 0. The highest BCUT2D eigenvalue weighted by Crippen LogP contribution is 2.29. The van der Waals surface area contributed by atoms with E-state index in [9.17, 15) is 18.8 Å². The van der Waals surface area contributed by atoms with E-state index in [4.69, 9.17) is 5.11 Å². The van der Waals surface area contributed by atoms with Crippen LogP contribution in [0.15, 0.2) is 48.5 Å². The highest BCUT2D eigenvalue weighted by atomic mass is 32.2. The second-order valence-electron chi connectivity index (χ2n) is 5.34. The average molecular weight is 360 g/mol. The molecule has 0 aliphatic carbocycles. The molecule has 6 nitrogen and oxygen atoms in total. The van der Waals surface area contributed by atoms with E-state index in [1.807, 2.05) is 0 Å². The standard InChI is InChI=1S/C17H13FN2O4S/c18-12-5-7-13(8-6-12)19-14-15(21)20(17(24)25-14)9-10-1-3-11(4-2-10)16(22)23/h1-8,14,19H,9H2,(H,22,23)/t14-/m0/s1. The van der Waals surface area contributed by atoms with Gasteiger partial charge in [0.2, 0.25) is 0 Å². The Morgan fingerprint density at radius 1 is 1.12 bits per heavy atom. The minimum atomic E-state index is -1.04. The summed E-state index contributed by atoms with van der Waals surface area (Å²) in [5.74, 6) is -1.83. The Labute approximate surface area is 146 Å². The number of halogens is 1. The Morgan fingerprint density at radius 3 is 2.36 bits per heavy atom. The van der Waals surface area contributed by atoms with Gasteiger partial charge < -0.3 is 10.4 Å². The van der Waals surface area contributed by atoms with E-state index >= 15 is 0 Å². The highest BCUT2D eigenvalue weighted by molar-refractivity contribution is 8.15. The fourth-order valence-electron chi connectivity index (χ4n) is 2.31. The van der Waals surface area contributed by atoms with Crippen molar-refractivity contribution in [2.75, 3.05) is 5.32 Å². The fraction of sp³-hybridized carbons (Fsp3) is 0.118. The summed E-state index contributed by atoms with van der Waals surface area (Å²) >= 11 is 0.847. The van der Waals surface area contributed by atoms with Gasteiger partial charge in [0.25, 0.3) is 11.1 Å². The van der Waals surface area contributed by atoms with E-state index in [0.29, 0.717) is 11.3 Å². The van der Waals surface area contributed by atoms with Gasteiger partial charge in [0.05, 0.1) is 12.1 Å². The van der Waals surface area contributed by atoms with E-state index in [-0.39, 0.29) is 12.1 Å². The third-order valence-corrected chi connectivity index (χ3v) is 4.59. The van der Waals surface area contributed by atoms with Crippen LogP contribution >= 0.6 is 11.8 Å². The molecule has 0 radical (unpaired) electrons. The molecule has 0 unspecified atom stereocenters. The summed E-state index contributed by atoms with van der Waals surface area (Å²) in [5.41, 5.74) is 1.32. The lowest BCUT2D eigenvalue weighted by atomic mass is 10.1. The van der Waals surface area contributed by atoms with Crippen molar-refractivity contribution in [1.82, 2.24) is 4.90 Å². The maximum atomic E-state index is 12.9. The van der Waals surface area contributed by atoms with Gasteiger partial charge in [0.15, 0.2) is 5.37 Å². The molecule has 0 aromatic heterocycles. The van der Waals surface area contributed by atoms with Gasteiger partial charge in [-0.05, 0) is 53.7 Å². The van der Waals surface area contributed by atoms with Gasteiger partial charge in [-0.3, -0.25) is 14.5 Å². The molecule has 2 aromatic rings. The molecule has 1 heterocycles. The molecule has 2 N–H and O–H groups in total. The maximum Gasteiger partial charge on any atom is 0.335 e. The Balaban J connectivity index is 1.68. The summed E-state index contributed by atoms with van der Waals surface area (Å²) in [5, 5.41) is 10.6. The summed E-state index contributed by atoms with van der Waals surface area (Å²) in [6.07, 6.45) is 0. The molecule has 1 aliphatic heterocycles. The number of rotatable bonds is 5. The van der Waals surface area contributed by atoms with Crippen LogP contribution in [0.3, 0.4) is 0 Å². The molecule has 2 aromatic carbocycles. The average Bonchev–Trinajstić information content (AvgIpc) is 2.85. The third-order valence-electron chi connectivity index (χ3n) is 3.61. The van der Waals surface area contributed by atoms with E-state index in [2.05, 4.69) is 5.32 Å². The van der Waals surface area contributed by atoms with Gasteiger partial charge in [-0.25, -0.2) is 9.18 Å². The molecule has 2 amide bonds. The molecule has 1 fully saturated rings. The molecule has 0 spiro atoms. The van der Waals surface area contributed by atoms with Crippen LogP contribution in [0, 0.1) is 5.82 Å². The predicted octanol–water partition coefficient (Wildman–Crippen LogP) is 3.16. The monoisotopic (exact) mass is 360 g/mol. The summed E-state index contributed by atoms with van der Waals surface area (Å²) in [6.45, 7) is 0.0617. The molecule has 0 saturated carbocycles. The molecule has 3 rings (SSSR count). The Kier molecular flexibility index (Phi) is 4.71. The molecule has 128 valence electrons. The van der Waals surface area contributed by atoms with Crippen LogP contribution in [0.25, 0.3) is 0 Å². The Hall–Kier alpha value is -2.87. The molecule has 1 atom stereocenters. The first kappa shape index (κ1) is 17.0. The van der Waals surface area contributed by atoms with Gasteiger partial charge in [-0.2, -0.15) is 0 Å². The van der Waals surface area contributed by atoms with Crippen LogP contribution < -0.4 is 5.32 Å². The number of carboxylic acids is 1. The number of anilines is 1. The molecule has 8 heteroatoms. The number of hydrogen-bond acceptors (Lipinski definition) is 5. The number of thioether (sulfide) groups is 1. The summed E-state index contributed by atoms with van der Waals surface area (Å²) in [4.78, 5) is 36.5. The highest BCUT2D eigenvalue weighted by Gasteiger charge is 2.39. The van der Waals surface area contributed by atoms with Crippen LogP contribution in [0.4, 0.5) is 14.9 Å². The molecule has 0 bridgehead atoms. The molecule has 1 saturated heterocycles. The quantitative estimate of drug-likeness (QED) is 0.852. The molecular weight excluding hydrogens is 347 g/mol. The number of carbonyl (C=O) groups is 3. The van der Waals surface area contributed by atoms with Crippen LogP contribution in [0.1, 0.15) is 15.9 Å². The van der Waals surface area contributed by atoms with Crippen molar-refractivity contribution in [3.05, 3.63) is 65.5 Å². The number of nitrogens with one attached hydrogen (secondary N) is 1. The number of aromatic carboxylic acids is 1. The normalized spacial score (nSPS) is 17.0. The SMILES string of the molecule is O=C(O)c1ccc(CN2C(=O)S[C@H](Nc3ccc(F)cc3)C2=O)cc1. The van der Waals surface area contributed by atoms with Crippen LogP contribution in [-0.4, -0.2) is 32.5 Å². The lowest BCUT2D eigenvalue weighted by molar-refractivity contribution is -0.126. The number of benzene rings is 2. The van der Waals surface area contributed by atoms with Crippen molar-refractivity contribution in [1.29, 1.82) is 0 Å². The van der Waals surface area contributed by atoms with Crippen molar-refractivity contribution in [3.63, 3.8) is 0 Å². The second kappa shape index (κ2) is 6.94. The van der Waals surface area contributed by atoms with E-state index in [1.165, 1.54) is 36.4 Å². The van der Waals surface area contributed by atoms with Crippen molar-refractivity contribution in [2.45, 2.75) is 11.9 Å². The van der Waals surface area contributed by atoms with Crippen LogP contribution in [0.5, 0.6) is 0 Å². The second-order valence-corrected chi connectivity index (χ2v) is 6.40. The van der Waals surface area contributed by atoms with Gasteiger partial charge >= 0.3 is 5.97 Å². The predicted molar refractivity (Wildman–Crippen MR) is 90.7 cm³/mol. The minimum absolute atomic E-state index is 0.0617. The van der Waals surface area contributed by atoms with Gasteiger partial charge in [-0.15, -0.1) is 0 Å². The zero-order chi connectivity index (χ0) is 18.0. The fourth-order valence-corrected chi connectivity index (χ4v) is 3.22. The Bertz CT molecular complexity index is 824. The first-order chi connectivity index (χ1) is 11.9. The number of amides is 2. The lowest BCUT2D eigenvalue weighted by Crippen LogP contribution is -2.33. The summed E-state index contributed by atoms with van der Waals surface area (Å²) in [6, 6.07) is 11.5. The molecular formula is C17H13FN2O4S. The number of hydrogen-bond donors (Lipinski definition) is 2. The largest absolute Gasteiger partial charge is 0.478 e. The van der Waals surface area contributed by atoms with E-state index in [0.717, 1.165) is 16.7 Å². The van der Waals surface area contributed by atoms with Gasteiger partial charge in [0, 0.05) is 5.69 Å². The van der Waals surface area contributed by atoms with Gasteiger partial charge in [0.1, 0.15) is 5.82 Å². The number of nitrogens with zero attached hydrogens (tertiary/aromatic N) is 1. The van der Waals surface area contributed by atoms with Crippen molar-refractivity contribution in [3.8, 4) is 0 Å².